The van der Waals surface area contributed by atoms with Gasteiger partial charge in [-0.05, 0) is 23.1 Å². The third kappa shape index (κ3) is 3.83. The Kier molecular flexibility index (Phi) is 5.12. The Hall–Kier alpha value is 0.340. The predicted octanol–water partition coefficient (Wildman–Crippen LogP) is 3.86. The topological polar surface area (TPSA) is 0 Å². The van der Waals surface area contributed by atoms with E-state index in [-0.39, 0.29) is 0 Å². The first kappa shape index (κ1) is 10.4. The first-order valence-corrected chi connectivity index (χ1v) is 6.56. The second-order valence-electron chi connectivity index (χ2n) is 2.85. The smallest absolute Gasteiger partial charge is 0.0279 e. The monoisotopic (exact) mass is 220 g/mol. The largest absolute Gasteiger partial charge is 0.156 e. The summed E-state index contributed by atoms with van der Waals surface area (Å²) in [4.78, 5) is 1.46. The highest BCUT2D eigenvalue weighted by molar-refractivity contribution is 7.98. The molecule has 1 rings (SSSR count). The van der Waals surface area contributed by atoms with Gasteiger partial charge in [0.25, 0.3) is 0 Å². The average Bonchev–Trinajstić information content (AvgIpc) is 2.57. The van der Waals surface area contributed by atoms with Gasteiger partial charge in [0.1, 0.15) is 0 Å². The molecule has 68 valence electrons. The van der Waals surface area contributed by atoms with Gasteiger partial charge in [-0.2, -0.15) is 11.8 Å². The summed E-state index contributed by atoms with van der Waals surface area (Å²) in [6.07, 6.45) is 0. The van der Waals surface area contributed by atoms with E-state index in [9.17, 15) is 0 Å². The van der Waals surface area contributed by atoms with Gasteiger partial charge in [-0.15, -0.1) is 22.9 Å². The standard InChI is InChI=1S/C9H13ClS2/c1-8(5-10)6-11-7-9-3-2-4-12-9/h2-4,8H,5-7H2,1H3. The Balaban J connectivity index is 2.11. The average molecular weight is 221 g/mol. The van der Waals surface area contributed by atoms with Crippen LogP contribution in [0.3, 0.4) is 0 Å². The van der Waals surface area contributed by atoms with Gasteiger partial charge in [0.15, 0.2) is 0 Å². The zero-order valence-electron chi connectivity index (χ0n) is 7.13. The van der Waals surface area contributed by atoms with Crippen LogP contribution in [0.1, 0.15) is 11.8 Å². The van der Waals surface area contributed by atoms with Crippen LogP contribution in [0.25, 0.3) is 0 Å². The van der Waals surface area contributed by atoms with Crippen molar-refractivity contribution in [1.82, 2.24) is 0 Å². The summed E-state index contributed by atoms with van der Waals surface area (Å²) in [5.74, 6) is 3.72. The van der Waals surface area contributed by atoms with Crippen LogP contribution in [0.4, 0.5) is 0 Å². The third-order valence-electron chi connectivity index (χ3n) is 1.49. The van der Waals surface area contributed by atoms with E-state index >= 15 is 0 Å². The predicted molar refractivity (Wildman–Crippen MR) is 60.4 cm³/mol. The molecule has 0 aromatic carbocycles. The van der Waals surface area contributed by atoms with E-state index in [2.05, 4.69) is 24.4 Å². The van der Waals surface area contributed by atoms with Gasteiger partial charge in [-0.25, -0.2) is 0 Å². The lowest BCUT2D eigenvalue weighted by Crippen LogP contribution is -1.98. The Bertz CT molecular complexity index is 196. The summed E-state index contributed by atoms with van der Waals surface area (Å²) in [6.45, 7) is 2.19. The molecule has 0 saturated carbocycles. The maximum atomic E-state index is 5.70. The van der Waals surface area contributed by atoms with Crippen LogP contribution in [-0.4, -0.2) is 11.6 Å². The van der Waals surface area contributed by atoms with Gasteiger partial charge in [-0.3, -0.25) is 0 Å². The lowest BCUT2D eigenvalue weighted by Gasteiger charge is -2.04. The summed E-state index contributed by atoms with van der Waals surface area (Å²) in [6, 6.07) is 4.29. The van der Waals surface area contributed by atoms with E-state index in [1.165, 1.54) is 10.6 Å². The summed E-state index contributed by atoms with van der Waals surface area (Å²) in [5.41, 5.74) is 0. The molecule has 0 amide bonds. The van der Waals surface area contributed by atoms with Crippen LogP contribution in [0, 0.1) is 5.92 Å². The van der Waals surface area contributed by atoms with Crippen molar-refractivity contribution in [2.24, 2.45) is 5.92 Å². The minimum Gasteiger partial charge on any atom is -0.156 e. The molecule has 0 bridgehead atoms. The minimum absolute atomic E-state index is 0.636. The number of thioether (sulfide) groups is 1. The van der Waals surface area contributed by atoms with Crippen molar-refractivity contribution in [3.8, 4) is 0 Å². The van der Waals surface area contributed by atoms with Crippen LogP contribution in [0.15, 0.2) is 17.5 Å². The normalized spacial score (nSPS) is 13.2. The third-order valence-corrected chi connectivity index (χ3v) is 4.40. The van der Waals surface area contributed by atoms with E-state index in [0.717, 1.165) is 11.6 Å². The molecule has 0 aliphatic rings. The van der Waals surface area contributed by atoms with Crippen molar-refractivity contribution in [2.75, 3.05) is 11.6 Å². The molecule has 1 heterocycles. The molecule has 0 aliphatic heterocycles. The number of alkyl halides is 1. The zero-order chi connectivity index (χ0) is 8.81. The van der Waals surface area contributed by atoms with E-state index in [4.69, 9.17) is 11.6 Å². The van der Waals surface area contributed by atoms with E-state index in [0.29, 0.717) is 5.92 Å². The van der Waals surface area contributed by atoms with Gasteiger partial charge in [0.05, 0.1) is 0 Å². The number of rotatable bonds is 5. The van der Waals surface area contributed by atoms with Crippen molar-refractivity contribution in [3.63, 3.8) is 0 Å². The molecule has 0 aliphatic carbocycles. The maximum Gasteiger partial charge on any atom is 0.0279 e. The second kappa shape index (κ2) is 5.90. The summed E-state index contributed by atoms with van der Waals surface area (Å²) < 4.78 is 0. The Morgan fingerprint density at radius 2 is 2.50 bits per heavy atom. The number of hydrogen-bond acceptors (Lipinski definition) is 2. The SMILES string of the molecule is CC(CCl)CSCc1cccs1. The fourth-order valence-electron chi connectivity index (χ4n) is 0.800. The molecule has 1 aromatic heterocycles. The first-order chi connectivity index (χ1) is 5.83. The van der Waals surface area contributed by atoms with E-state index in [1.54, 1.807) is 0 Å². The molecule has 3 heteroatoms. The molecule has 1 aromatic rings. The van der Waals surface area contributed by atoms with Gasteiger partial charge >= 0.3 is 0 Å². The molecular weight excluding hydrogens is 208 g/mol. The quantitative estimate of drug-likeness (QED) is 0.680. The summed E-state index contributed by atoms with van der Waals surface area (Å²) >= 11 is 9.50. The first-order valence-electron chi connectivity index (χ1n) is 3.99. The minimum atomic E-state index is 0.636. The number of halogens is 1. The molecular formula is C9H13ClS2. The molecule has 0 fully saturated rings. The highest BCUT2D eigenvalue weighted by atomic mass is 35.5. The molecule has 0 nitrogen and oxygen atoms in total. The van der Waals surface area contributed by atoms with Crippen LogP contribution in [-0.2, 0) is 5.75 Å². The van der Waals surface area contributed by atoms with Crippen molar-refractivity contribution < 1.29 is 0 Å². The molecule has 1 unspecified atom stereocenters. The molecule has 0 saturated heterocycles. The Morgan fingerprint density at radius 1 is 1.67 bits per heavy atom. The highest BCUT2D eigenvalue weighted by Gasteiger charge is 2.00. The van der Waals surface area contributed by atoms with Crippen molar-refractivity contribution in [2.45, 2.75) is 12.7 Å². The molecule has 1 atom stereocenters. The number of thiophene rings is 1. The Labute approximate surface area is 87.3 Å². The van der Waals surface area contributed by atoms with Crippen molar-refractivity contribution in [3.05, 3.63) is 22.4 Å². The van der Waals surface area contributed by atoms with Crippen molar-refractivity contribution >= 4 is 34.7 Å². The highest BCUT2D eigenvalue weighted by Crippen LogP contribution is 2.19. The maximum absolute atomic E-state index is 5.70. The Morgan fingerprint density at radius 3 is 3.08 bits per heavy atom. The van der Waals surface area contributed by atoms with Gasteiger partial charge in [0, 0.05) is 16.5 Å². The van der Waals surface area contributed by atoms with Crippen LogP contribution in [0.5, 0.6) is 0 Å². The fraction of sp³-hybridized carbons (Fsp3) is 0.556. The molecule has 12 heavy (non-hydrogen) atoms. The molecule has 0 radical (unpaired) electrons. The van der Waals surface area contributed by atoms with Crippen molar-refractivity contribution in [1.29, 1.82) is 0 Å². The molecule has 0 spiro atoms. The lowest BCUT2D eigenvalue weighted by molar-refractivity contribution is 0.759. The van der Waals surface area contributed by atoms with Gasteiger partial charge < -0.3 is 0 Å². The van der Waals surface area contributed by atoms with Crippen LogP contribution >= 0.6 is 34.7 Å². The zero-order valence-corrected chi connectivity index (χ0v) is 9.51. The lowest BCUT2D eigenvalue weighted by atomic mass is 10.3. The summed E-state index contributed by atoms with van der Waals surface area (Å²) in [7, 11) is 0. The van der Waals surface area contributed by atoms with E-state index in [1.807, 2.05) is 23.1 Å². The summed E-state index contributed by atoms with van der Waals surface area (Å²) in [5, 5.41) is 2.13. The van der Waals surface area contributed by atoms with Gasteiger partial charge in [-0.1, -0.05) is 13.0 Å². The second-order valence-corrected chi connectivity index (χ2v) is 5.23. The van der Waals surface area contributed by atoms with Crippen LogP contribution < -0.4 is 0 Å². The fourth-order valence-corrected chi connectivity index (χ4v) is 2.99. The van der Waals surface area contributed by atoms with Crippen LogP contribution in [0.2, 0.25) is 0 Å². The molecule has 0 N–H and O–H groups in total. The van der Waals surface area contributed by atoms with Gasteiger partial charge in [0.2, 0.25) is 0 Å². The number of hydrogen-bond donors (Lipinski definition) is 0. The van der Waals surface area contributed by atoms with E-state index < -0.39 is 0 Å².